The monoisotopic (exact) mass is 324 g/mol. The number of rotatable bonds is 4. The van der Waals surface area contributed by atoms with Crippen molar-refractivity contribution in [1.29, 1.82) is 0 Å². The third kappa shape index (κ3) is 3.12. The number of halogens is 2. The summed E-state index contributed by atoms with van der Waals surface area (Å²) >= 11 is 7.85. The molecule has 21 heavy (non-hydrogen) atoms. The van der Waals surface area contributed by atoms with Crippen LogP contribution in [0.5, 0.6) is 0 Å². The summed E-state index contributed by atoms with van der Waals surface area (Å²) < 4.78 is 13.2. The van der Waals surface area contributed by atoms with Gasteiger partial charge in [0.25, 0.3) is 0 Å². The smallest absolute Gasteiger partial charge is 0.125 e. The molecule has 0 spiro atoms. The van der Waals surface area contributed by atoms with Gasteiger partial charge in [-0.25, -0.2) is 9.37 Å². The lowest BCUT2D eigenvalue weighted by molar-refractivity contribution is 0.454. The maximum atomic E-state index is 13.2. The molecule has 1 aliphatic rings. The van der Waals surface area contributed by atoms with Gasteiger partial charge in [0.05, 0.1) is 16.8 Å². The van der Waals surface area contributed by atoms with Crippen LogP contribution in [-0.2, 0) is 6.42 Å². The number of aryl methyl sites for hydroxylation is 1. The zero-order valence-corrected chi connectivity index (χ0v) is 13.5. The van der Waals surface area contributed by atoms with E-state index in [9.17, 15) is 4.39 Å². The van der Waals surface area contributed by atoms with Gasteiger partial charge in [0, 0.05) is 10.4 Å². The first-order chi connectivity index (χ1) is 10.2. The van der Waals surface area contributed by atoms with Gasteiger partial charge in [0.1, 0.15) is 10.8 Å². The highest BCUT2D eigenvalue weighted by molar-refractivity contribution is 7.15. The van der Waals surface area contributed by atoms with Crippen molar-refractivity contribution in [2.45, 2.75) is 38.6 Å². The Hall–Kier alpha value is -0.970. The van der Waals surface area contributed by atoms with Crippen LogP contribution >= 0.6 is 22.9 Å². The molecule has 112 valence electrons. The van der Waals surface area contributed by atoms with Gasteiger partial charge in [0.15, 0.2) is 0 Å². The van der Waals surface area contributed by atoms with E-state index in [0.29, 0.717) is 11.1 Å². The van der Waals surface area contributed by atoms with Crippen LogP contribution in [0.4, 0.5) is 4.39 Å². The summed E-state index contributed by atoms with van der Waals surface area (Å²) in [6.07, 6.45) is 4.52. The molecule has 1 atom stereocenters. The normalized spacial score (nSPS) is 17.8. The molecule has 0 amide bonds. The van der Waals surface area contributed by atoms with Gasteiger partial charge in [-0.3, -0.25) is 0 Å². The van der Waals surface area contributed by atoms with E-state index in [1.165, 1.54) is 23.4 Å². The number of hydrogen-bond donors (Lipinski definition) is 1. The van der Waals surface area contributed by atoms with Gasteiger partial charge < -0.3 is 5.32 Å². The van der Waals surface area contributed by atoms with E-state index in [-0.39, 0.29) is 5.82 Å². The second-order valence-electron chi connectivity index (χ2n) is 5.35. The van der Waals surface area contributed by atoms with Crippen molar-refractivity contribution in [3.8, 4) is 10.6 Å². The van der Waals surface area contributed by atoms with Crippen molar-refractivity contribution >= 4 is 22.9 Å². The molecule has 1 aromatic carbocycles. The van der Waals surface area contributed by atoms with Gasteiger partial charge in [-0.15, -0.1) is 11.3 Å². The molecular formula is C16H18ClFN2S. The predicted molar refractivity (Wildman–Crippen MR) is 86.5 cm³/mol. The lowest BCUT2D eigenvalue weighted by Crippen LogP contribution is -2.25. The Kier molecular flexibility index (Phi) is 4.57. The van der Waals surface area contributed by atoms with Crippen molar-refractivity contribution in [2.75, 3.05) is 6.54 Å². The maximum absolute atomic E-state index is 13.2. The molecule has 0 bridgehead atoms. The van der Waals surface area contributed by atoms with E-state index in [4.69, 9.17) is 16.6 Å². The summed E-state index contributed by atoms with van der Waals surface area (Å²) in [6, 6.07) is 4.85. The summed E-state index contributed by atoms with van der Waals surface area (Å²) in [6.45, 7) is 3.18. The van der Waals surface area contributed by atoms with Crippen molar-refractivity contribution in [1.82, 2.24) is 10.3 Å². The molecule has 0 aliphatic heterocycles. The Labute approximate surface area is 133 Å². The summed E-state index contributed by atoms with van der Waals surface area (Å²) in [5.74, 6) is -0.312. The fraction of sp³-hybridized carbons (Fsp3) is 0.438. The minimum Gasteiger partial charge on any atom is -0.309 e. The third-order valence-corrected chi connectivity index (χ3v) is 5.23. The van der Waals surface area contributed by atoms with Crippen LogP contribution < -0.4 is 5.32 Å². The number of nitrogens with zero attached hydrogens (tertiary/aromatic N) is 1. The van der Waals surface area contributed by atoms with Crippen LogP contribution in [0.3, 0.4) is 0 Å². The number of aromatic nitrogens is 1. The molecule has 1 N–H and O–H groups in total. The van der Waals surface area contributed by atoms with Gasteiger partial charge in [0.2, 0.25) is 0 Å². The van der Waals surface area contributed by atoms with Crippen molar-refractivity contribution in [3.05, 3.63) is 39.6 Å². The van der Waals surface area contributed by atoms with Crippen LogP contribution in [0, 0.1) is 5.82 Å². The van der Waals surface area contributed by atoms with Crippen LogP contribution in [0.2, 0.25) is 5.02 Å². The van der Waals surface area contributed by atoms with E-state index in [0.717, 1.165) is 42.1 Å². The Morgan fingerprint density at radius 2 is 2.33 bits per heavy atom. The second-order valence-corrected chi connectivity index (χ2v) is 6.84. The number of thiazole rings is 1. The predicted octanol–water partition coefficient (Wildman–Crippen LogP) is 4.98. The Balaban J connectivity index is 1.94. The average Bonchev–Trinajstić information content (AvgIpc) is 2.89. The summed E-state index contributed by atoms with van der Waals surface area (Å²) in [5.41, 5.74) is 1.99. The fourth-order valence-electron chi connectivity index (χ4n) is 2.71. The first kappa shape index (κ1) is 14.9. The number of hydrogen-bond acceptors (Lipinski definition) is 3. The molecule has 0 fully saturated rings. The molecule has 0 saturated carbocycles. The summed E-state index contributed by atoms with van der Waals surface area (Å²) in [4.78, 5) is 6.13. The van der Waals surface area contributed by atoms with E-state index < -0.39 is 0 Å². The van der Waals surface area contributed by atoms with E-state index >= 15 is 0 Å². The summed E-state index contributed by atoms with van der Waals surface area (Å²) in [5, 5.41) is 4.90. The molecule has 5 heteroatoms. The zero-order valence-electron chi connectivity index (χ0n) is 12.0. The van der Waals surface area contributed by atoms with Gasteiger partial charge in [-0.1, -0.05) is 18.5 Å². The van der Waals surface area contributed by atoms with Crippen LogP contribution in [-0.4, -0.2) is 11.5 Å². The molecule has 2 aromatic rings. The molecule has 0 saturated heterocycles. The molecule has 3 rings (SSSR count). The minimum absolute atomic E-state index is 0.312. The lowest BCUT2D eigenvalue weighted by Gasteiger charge is -2.22. The molecule has 2 nitrogen and oxygen atoms in total. The lowest BCUT2D eigenvalue weighted by atomic mass is 9.97. The van der Waals surface area contributed by atoms with Crippen molar-refractivity contribution in [2.24, 2.45) is 0 Å². The van der Waals surface area contributed by atoms with Crippen LogP contribution in [0.1, 0.15) is 42.8 Å². The van der Waals surface area contributed by atoms with Crippen LogP contribution in [0.15, 0.2) is 18.2 Å². The van der Waals surface area contributed by atoms with Gasteiger partial charge in [-0.05, 0) is 50.4 Å². The maximum Gasteiger partial charge on any atom is 0.125 e. The minimum atomic E-state index is -0.312. The first-order valence-electron chi connectivity index (χ1n) is 7.37. The second kappa shape index (κ2) is 6.42. The van der Waals surface area contributed by atoms with Gasteiger partial charge >= 0.3 is 0 Å². The van der Waals surface area contributed by atoms with E-state index in [1.807, 2.05) is 0 Å². The Morgan fingerprint density at radius 1 is 1.48 bits per heavy atom. The Morgan fingerprint density at radius 3 is 3.10 bits per heavy atom. The SMILES string of the molecule is CCCNC1CCCc2sc(-c3ccc(F)cc3Cl)nc21. The topological polar surface area (TPSA) is 24.9 Å². The standard InChI is InChI=1S/C16H18ClFN2S/c1-2-8-19-13-4-3-5-14-15(13)20-16(21-14)11-7-6-10(18)9-12(11)17/h6-7,9,13,19H,2-5,8H2,1H3. The largest absolute Gasteiger partial charge is 0.309 e. The molecular weight excluding hydrogens is 307 g/mol. The Bertz CT molecular complexity index is 641. The molecule has 1 unspecified atom stereocenters. The first-order valence-corrected chi connectivity index (χ1v) is 8.57. The van der Waals surface area contributed by atoms with E-state index in [1.54, 1.807) is 17.4 Å². The van der Waals surface area contributed by atoms with Crippen molar-refractivity contribution < 1.29 is 4.39 Å². The van der Waals surface area contributed by atoms with Crippen LogP contribution in [0.25, 0.3) is 10.6 Å². The molecule has 1 heterocycles. The summed E-state index contributed by atoms with van der Waals surface area (Å²) in [7, 11) is 0. The quantitative estimate of drug-likeness (QED) is 0.858. The molecule has 1 aromatic heterocycles. The van der Waals surface area contributed by atoms with E-state index in [2.05, 4.69) is 12.2 Å². The average molecular weight is 325 g/mol. The number of nitrogens with one attached hydrogen (secondary N) is 1. The highest BCUT2D eigenvalue weighted by atomic mass is 35.5. The zero-order chi connectivity index (χ0) is 14.8. The fourth-order valence-corrected chi connectivity index (χ4v) is 4.23. The highest BCUT2D eigenvalue weighted by Crippen LogP contribution is 2.39. The number of benzene rings is 1. The van der Waals surface area contributed by atoms with Gasteiger partial charge in [-0.2, -0.15) is 0 Å². The third-order valence-electron chi connectivity index (χ3n) is 3.76. The van der Waals surface area contributed by atoms with Crippen molar-refractivity contribution in [3.63, 3.8) is 0 Å². The highest BCUT2D eigenvalue weighted by Gasteiger charge is 2.25. The number of fused-ring (bicyclic) bond motifs is 1. The molecule has 1 aliphatic carbocycles. The molecule has 0 radical (unpaired) electrons.